The lowest BCUT2D eigenvalue weighted by molar-refractivity contribution is -0.140. The molecule has 0 atom stereocenters. The number of aromatic amines is 1. The van der Waals surface area contributed by atoms with Crippen LogP contribution in [0.2, 0.25) is 0 Å². The lowest BCUT2D eigenvalue weighted by Crippen LogP contribution is -2.40. The number of carbonyl (C=O) groups excluding carboxylic acids is 1. The molecular weight excluding hydrogens is 433 g/mol. The third-order valence-corrected chi connectivity index (χ3v) is 6.11. The lowest BCUT2D eigenvalue weighted by atomic mass is 9.91. The number of anilines is 1. The Hall–Kier alpha value is -3.56. The van der Waals surface area contributed by atoms with E-state index in [9.17, 15) is 18.0 Å². The van der Waals surface area contributed by atoms with E-state index in [1.54, 1.807) is 30.5 Å². The molecule has 0 spiro atoms. The van der Waals surface area contributed by atoms with Crippen LogP contribution in [0.4, 0.5) is 19.0 Å². The van der Waals surface area contributed by atoms with Gasteiger partial charge >= 0.3 is 6.18 Å². The third-order valence-electron chi connectivity index (χ3n) is 6.11. The van der Waals surface area contributed by atoms with Crippen molar-refractivity contribution in [2.45, 2.75) is 50.9 Å². The third kappa shape index (κ3) is 4.24. The van der Waals surface area contributed by atoms with Crippen LogP contribution in [-0.2, 0) is 6.18 Å². The van der Waals surface area contributed by atoms with Crippen LogP contribution in [0.15, 0.2) is 42.7 Å². The second kappa shape index (κ2) is 8.09. The summed E-state index contributed by atoms with van der Waals surface area (Å²) in [5.74, 6) is 0.450. The number of pyridine rings is 2. The maximum absolute atomic E-state index is 13.0. The molecule has 172 valence electrons. The van der Waals surface area contributed by atoms with Crippen LogP contribution in [0.3, 0.4) is 0 Å². The number of carbonyl (C=O) groups is 1. The van der Waals surface area contributed by atoms with E-state index in [0.29, 0.717) is 17.0 Å². The first-order valence-corrected chi connectivity index (χ1v) is 10.8. The van der Waals surface area contributed by atoms with Crippen molar-refractivity contribution in [2.24, 2.45) is 0 Å². The molecule has 33 heavy (non-hydrogen) atoms. The molecule has 0 saturated heterocycles. The molecule has 0 aliphatic heterocycles. The SMILES string of the molecule is Cc1cc2c(C(=O)NC3CCC(Nc4cccc5nc(C(F)(F)F)cn45)CC3)ccnc2[nH]1. The summed E-state index contributed by atoms with van der Waals surface area (Å²) in [6.45, 7) is 1.92. The molecular formula is C23H23F3N6O. The van der Waals surface area contributed by atoms with Crippen molar-refractivity contribution in [1.29, 1.82) is 0 Å². The highest BCUT2D eigenvalue weighted by Gasteiger charge is 2.34. The summed E-state index contributed by atoms with van der Waals surface area (Å²) < 4.78 is 40.5. The molecule has 10 heteroatoms. The molecule has 1 amide bonds. The van der Waals surface area contributed by atoms with Crippen LogP contribution < -0.4 is 10.6 Å². The van der Waals surface area contributed by atoms with Gasteiger partial charge in [-0.05, 0) is 56.9 Å². The Balaban J connectivity index is 1.23. The fourth-order valence-electron chi connectivity index (χ4n) is 4.48. The largest absolute Gasteiger partial charge is 0.434 e. The Morgan fingerprint density at radius 3 is 2.67 bits per heavy atom. The highest BCUT2D eigenvalue weighted by atomic mass is 19.4. The predicted molar refractivity (Wildman–Crippen MR) is 118 cm³/mol. The number of hydrogen-bond donors (Lipinski definition) is 3. The van der Waals surface area contributed by atoms with Gasteiger partial charge in [-0.1, -0.05) is 6.07 Å². The molecule has 7 nitrogen and oxygen atoms in total. The van der Waals surface area contributed by atoms with E-state index in [2.05, 4.69) is 25.6 Å². The number of imidazole rings is 1. The van der Waals surface area contributed by atoms with Crippen LogP contribution in [0.1, 0.15) is 47.4 Å². The van der Waals surface area contributed by atoms with E-state index < -0.39 is 11.9 Å². The molecule has 1 fully saturated rings. The minimum atomic E-state index is -4.49. The van der Waals surface area contributed by atoms with Gasteiger partial charge in [0, 0.05) is 35.6 Å². The zero-order valence-electron chi connectivity index (χ0n) is 17.9. The zero-order valence-corrected chi connectivity index (χ0v) is 17.9. The van der Waals surface area contributed by atoms with Crippen LogP contribution in [0.5, 0.6) is 0 Å². The fourth-order valence-corrected chi connectivity index (χ4v) is 4.48. The first-order chi connectivity index (χ1) is 15.8. The van der Waals surface area contributed by atoms with Crippen molar-refractivity contribution in [3.8, 4) is 0 Å². The van der Waals surface area contributed by atoms with E-state index in [0.717, 1.165) is 43.0 Å². The van der Waals surface area contributed by atoms with Gasteiger partial charge in [0.25, 0.3) is 5.91 Å². The monoisotopic (exact) mass is 456 g/mol. The molecule has 1 aliphatic carbocycles. The van der Waals surface area contributed by atoms with Crippen molar-refractivity contribution in [3.63, 3.8) is 0 Å². The van der Waals surface area contributed by atoms with Gasteiger partial charge in [-0.3, -0.25) is 9.20 Å². The quantitative estimate of drug-likeness (QED) is 0.416. The predicted octanol–water partition coefficient (Wildman–Crippen LogP) is 4.69. The molecule has 1 saturated carbocycles. The number of alkyl halides is 3. The summed E-state index contributed by atoms with van der Waals surface area (Å²) in [4.78, 5) is 24.0. The second-order valence-electron chi connectivity index (χ2n) is 8.50. The first-order valence-electron chi connectivity index (χ1n) is 10.8. The molecule has 0 aromatic carbocycles. The van der Waals surface area contributed by atoms with Crippen LogP contribution in [0.25, 0.3) is 16.7 Å². The van der Waals surface area contributed by atoms with Crippen molar-refractivity contribution >= 4 is 28.4 Å². The van der Waals surface area contributed by atoms with Gasteiger partial charge in [0.05, 0.1) is 5.56 Å². The van der Waals surface area contributed by atoms with Gasteiger partial charge < -0.3 is 15.6 Å². The molecule has 0 bridgehead atoms. The Morgan fingerprint density at radius 1 is 1.15 bits per heavy atom. The maximum atomic E-state index is 13.0. The molecule has 0 unspecified atom stereocenters. The number of hydrogen-bond acceptors (Lipinski definition) is 4. The zero-order chi connectivity index (χ0) is 23.2. The normalized spacial score (nSPS) is 19.2. The standard InChI is InChI=1S/C23H23F3N6O/c1-13-11-17-16(9-10-27-21(17)28-13)22(33)30-15-7-5-14(6-8-15)29-19-3-2-4-20-31-18(12-32(19)20)23(24,25)26/h2-4,9-12,14-15,29H,5-8H2,1H3,(H,27,28)(H,30,33). The van der Waals surface area contributed by atoms with Crippen molar-refractivity contribution < 1.29 is 18.0 Å². The highest BCUT2D eigenvalue weighted by molar-refractivity contribution is 6.05. The van der Waals surface area contributed by atoms with Crippen LogP contribution >= 0.6 is 0 Å². The van der Waals surface area contributed by atoms with Gasteiger partial charge in [-0.2, -0.15) is 13.2 Å². The number of nitrogens with one attached hydrogen (secondary N) is 3. The average molecular weight is 456 g/mol. The molecule has 5 rings (SSSR count). The molecule has 4 aromatic rings. The van der Waals surface area contributed by atoms with Gasteiger partial charge in [0.1, 0.15) is 17.1 Å². The summed E-state index contributed by atoms with van der Waals surface area (Å²) in [7, 11) is 0. The Labute approximate surface area is 187 Å². The molecule has 4 heterocycles. The Morgan fingerprint density at radius 2 is 1.91 bits per heavy atom. The molecule has 0 radical (unpaired) electrons. The minimum Gasteiger partial charge on any atom is -0.368 e. The minimum absolute atomic E-state index is 0.0414. The number of aromatic nitrogens is 4. The topological polar surface area (TPSA) is 87.1 Å². The first kappa shape index (κ1) is 21.3. The number of fused-ring (bicyclic) bond motifs is 2. The number of H-pyrrole nitrogens is 1. The lowest BCUT2D eigenvalue weighted by Gasteiger charge is -2.30. The summed E-state index contributed by atoms with van der Waals surface area (Å²) in [6, 6.07) is 8.76. The van der Waals surface area contributed by atoms with Crippen molar-refractivity contribution in [1.82, 2.24) is 24.7 Å². The van der Waals surface area contributed by atoms with Crippen LogP contribution in [-0.4, -0.2) is 37.3 Å². The summed E-state index contributed by atoms with van der Waals surface area (Å²) in [5, 5.41) is 7.27. The highest BCUT2D eigenvalue weighted by Crippen LogP contribution is 2.30. The van der Waals surface area contributed by atoms with Crippen molar-refractivity contribution in [3.05, 3.63) is 59.7 Å². The number of rotatable bonds is 4. The fraction of sp³-hybridized carbons (Fsp3) is 0.348. The molecule has 1 aliphatic rings. The summed E-state index contributed by atoms with van der Waals surface area (Å²) in [6.07, 6.45) is 1.28. The van der Waals surface area contributed by atoms with Crippen LogP contribution in [0, 0.1) is 6.92 Å². The summed E-state index contributed by atoms with van der Waals surface area (Å²) >= 11 is 0. The van der Waals surface area contributed by atoms with E-state index in [4.69, 9.17) is 0 Å². The van der Waals surface area contributed by atoms with Gasteiger partial charge in [-0.25, -0.2) is 9.97 Å². The number of amides is 1. The van der Waals surface area contributed by atoms with Gasteiger partial charge in [-0.15, -0.1) is 0 Å². The van der Waals surface area contributed by atoms with E-state index >= 15 is 0 Å². The summed E-state index contributed by atoms with van der Waals surface area (Å²) in [5.41, 5.74) is 1.56. The smallest absolute Gasteiger partial charge is 0.368 e. The maximum Gasteiger partial charge on any atom is 0.434 e. The Bertz CT molecular complexity index is 1320. The number of aryl methyl sites for hydroxylation is 1. The Kier molecular flexibility index (Phi) is 5.22. The van der Waals surface area contributed by atoms with Gasteiger partial charge in [0.2, 0.25) is 0 Å². The van der Waals surface area contributed by atoms with E-state index in [-0.39, 0.29) is 23.6 Å². The molecule has 3 N–H and O–H groups in total. The van der Waals surface area contributed by atoms with E-state index in [1.807, 2.05) is 13.0 Å². The van der Waals surface area contributed by atoms with Crippen molar-refractivity contribution in [2.75, 3.05) is 5.32 Å². The number of nitrogens with zero attached hydrogens (tertiary/aromatic N) is 3. The molecule has 4 aromatic heterocycles. The second-order valence-corrected chi connectivity index (χ2v) is 8.50. The average Bonchev–Trinajstić information content (AvgIpc) is 3.38. The number of halogens is 3. The van der Waals surface area contributed by atoms with Gasteiger partial charge in [0.15, 0.2) is 5.69 Å². The van der Waals surface area contributed by atoms with E-state index in [1.165, 1.54) is 4.40 Å².